The zero-order valence-corrected chi connectivity index (χ0v) is 8.62. The van der Waals surface area contributed by atoms with E-state index in [1.807, 2.05) is 0 Å². The van der Waals surface area contributed by atoms with Gasteiger partial charge >= 0.3 is 6.18 Å². The van der Waals surface area contributed by atoms with Crippen LogP contribution in [0.25, 0.3) is 0 Å². The number of pyridine rings is 1. The van der Waals surface area contributed by atoms with Crippen molar-refractivity contribution >= 4 is 5.69 Å². The number of aromatic nitrogens is 3. The van der Waals surface area contributed by atoms with Crippen LogP contribution >= 0.6 is 0 Å². The molecule has 0 fully saturated rings. The zero-order chi connectivity index (χ0) is 12.3. The summed E-state index contributed by atoms with van der Waals surface area (Å²) < 4.78 is 36.7. The van der Waals surface area contributed by atoms with Crippen LogP contribution in [0.4, 0.5) is 18.9 Å². The maximum Gasteiger partial charge on any atom is 0.433 e. The molecule has 2 N–H and O–H groups in total. The summed E-state index contributed by atoms with van der Waals surface area (Å²) in [6, 6.07) is 2.28. The molecule has 0 saturated carbocycles. The van der Waals surface area contributed by atoms with E-state index in [2.05, 4.69) is 20.3 Å². The van der Waals surface area contributed by atoms with Crippen LogP contribution in [0.1, 0.15) is 11.4 Å². The first-order valence-electron chi connectivity index (χ1n) is 4.80. The molecule has 2 aromatic rings. The number of hydrogen-bond donors (Lipinski definition) is 2. The Hall–Kier alpha value is -2.05. The summed E-state index contributed by atoms with van der Waals surface area (Å²) in [4.78, 5) is 10.0. The highest BCUT2D eigenvalue weighted by Crippen LogP contribution is 2.27. The summed E-state index contributed by atoms with van der Waals surface area (Å²) in [5.41, 5.74) is 0.460. The number of H-pyrrole nitrogens is 1. The first-order valence-corrected chi connectivity index (χ1v) is 4.80. The van der Waals surface area contributed by atoms with Crippen molar-refractivity contribution in [2.24, 2.45) is 0 Å². The van der Waals surface area contributed by atoms with Crippen molar-refractivity contribution in [2.75, 3.05) is 5.32 Å². The van der Waals surface area contributed by atoms with E-state index in [4.69, 9.17) is 0 Å². The van der Waals surface area contributed by atoms with Crippen molar-refractivity contribution in [1.29, 1.82) is 0 Å². The summed E-state index contributed by atoms with van der Waals surface area (Å²) in [6.45, 7) is 0.451. The Labute approximate surface area is 94.9 Å². The van der Waals surface area contributed by atoms with Gasteiger partial charge in [-0.05, 0) is 12.1 Å². The molecule has 2 heterocycles. The number of rotatable bonds is 3. The molecule has 2 rings (SSSR count). The van der Waals surface area contributed by atoms with Crippen LogP contribution in [0, 0.1) is 0 Å². The van der Waals surface area contributed by atoms with E-state index >= 15 is 0 Å². The van der Waals surface area contributed by atoms with Crippen molar-refractivity contribution in [1.82, 2.24) is 15.0 Å². The molecular formula is C10H9F3N4. The van der Waals surface area contributed by atoms with Crippen LogP contribution in [0.2, 0.25) is 0 Å². The predicted octanol–water partition coefficient (Wildman–Crippen LogP) is 2.44. The molecule has 0 unspecified atom stereocenters. The van der Waals surface area contributed by atoms with Gasteiger partial charge in [0.2, 0.25) is 0 Å². The van der Waals surface area contributed by atoms with Gasteiger partial charge in [0.25, 0.3) is 0 Å². The molecule has 0 aliphatic rings. The minimum atomic E-state index is -4.40. The van der Waals surface area contributed by atoms with Gasteiger partial charge in [0, 0.05) is 6.20 Å². The smallest absolute Gasteiger partial charge is 0.378 e. The lowest BCUT2D eigenvalue weighted by molar-refractivity contribution is -0.141. The van der Waals surface area contributed by atoms with Crippen molar-refractivity contribution in [3.8, 4) is 0 Å². The predicted molar refractivity (Wildman–Crippen MR) is 55.2 cm³/mol. The van der Waals surface area contributed by atoms with Crippen molar-refractivity contribution in [2.45, 2.75) is 12.7 Å². The Bertz CT molecular complexity index is 461. The average molecular weight is 242 g/mol. The number of imidazole rings is 1. The number of halogens is 3. The van der Waals surface area contributed by atoms with Crippen LogP contribution in [0.3, 0.4) is 0 Å². The van der Waals surface area contributed by atoms with E-state index in [0.717, 1.165) is 18.0 Å². The Morgan fingerprint density at radius 3 is 2.59 bits per heavy atom. The first kappa shape index (κ1) is 11.4. The van der Waals surface area contributed by atoms with E-state index in [1.165, 1.54) is 12.4 Å². The topological polar surface area (TPSA) is 53.6 Å². The number of nitrogens with one attached hydrogen (secondary N) is 2. The fraction of sp³-hybridized carbons (Fsp3) is 0.200. The van der Waals surface area contributed by atoms with E-state index in [-0.39, 0.29) is 0 Å². The molecule has 0 atom stereocenters. The molecule has 2 aromatic heterocycles. The van der Waals surface area contributed by atoms with Gasteiger partial charge in [-0.1, -0.05) is 0 Å². The lowest BCUT2D eigenvalue weighted by Crippen LogP contribution is -2.08. The molecule has 4 nitrogen and oxygen atoms in total. The van der Waals surface area contributed by atoms with E-state index in [9.17, 15) is 13.2 Å². The van der Waals surface area contributed by atoms with Crippen molar-refractivity contribution in [3.05, 3.63) is 42.2 Å². The minimum Gasteiger partial charge on any atom is -0.378 e. The molecule has 90 valence electrons. The second-order valence-corrected chi connectivity index (χ2v) is 3.36. The number of hydrogen-bond acceptors (Lipinski definition) is 3. The summed E-state index contributed by atoms with van der Waals surface area (Å²) in [7, 11) is 0. The fourth-order valence-electron chi connectivity index (χ4n) is 1.24. The van der Waals surface area contributed by atoms with Crippen LogP contribution < -0.4 is 5.32 Å². The van der Waals surface area contributed by atoms with Gasteiger partial charge in [0.1, 0.15) is 5.69 Å². The second kappa shape index (κ2) is 4.44. The molecule has 0 aliphatic carbocycles. The van der Waals surface area contributed by atoms with Gasteiger partial charge in [0.15, 0.2) is 0 Å². The fourth-order valence-corrected chi connectivity index (χ4v) is 1.24. The van der Waals surface area contributed by atoms with E-state index in [1.54, 1.807) is 6.20 Å². The van der Waals surface area contributed by atoms with Crippen LogP contribution in [0.5, 0.6) is 0 Å². The third kappa shape index (κ3) is 2.96. The molecule has 0 radical (unpaired) electrons. The van der Waals surface area contributed by atoms with Gasteiger partial charge in [-0.25, -0.2) is 9.97 Å². The number of alkyl halides is 3. The Kier molecular flexibility index (Phi) is 2.99. The monoisotopic (exact) mass is 242 g/mol. The maximum absolute atomic E-state index is 12.2. The van der Waals surface area contributed by atoms with Crippen LogP contribution in [-0.4, -0.2) is 15.0 Å². The first-order chi connectivity index (χ1) is 8.05. The molecule has 0 aliphatic heterocycles. The quantitative estimate of drug-likeness (QED) is 0.869. The van der Waals surface area contributed by atoms with Gasteiger partial charge < -0.3 is 10.3 Å². The second-order valence-electron chi connectivity index (χ2n) is 3.36. The van der Waals surface area contributed by atoms with E-state index < -0.39 is 11.9 Å². The van der Waals surface area contributed by atoms with Gasteiger partial charge in [0.05, 0.1) is 30.5 Å². The van der Waals surface area contributed by atoms with Crippen molar-refractivity contribution in [3.63, 3.8) is 0 Å². The molecule has 0 amide bonds. The Morgan fingerprint density at radius 1 is 1.24 bits per heavy atom. The Morgan fingerprint density at radius 2 is 2.06 bits per heavy atom. The number of aromatic amines is 1. The van der Waals surface area contributed by atoms with Crippen LogP contribution in [-0.2, 0) is 12.7 Å². The van der Waals surface area contributed by atoms with Gasteiger partial charge in [-0.15, -0.1) is 0 Å². The molecule has 0 saturated heterocycles. The molecule has 0 spiro atoms. The summed E-state index contributed by atoms with van der Waals surface area (Å²) >= 11 is 0. The highest BCUT2D eigenvalue weighted by atomic mass is 19.4. The number of anilines is 1. The third-order valence-corrected chi connectivity index (χ3v) is 2.09. The standard InChI is InChI=1S/C10H9F3N4/c11-10(12,13)9-2-1-7(4-16-9)15-5-8-3-14-6-17-8/h1-4,6,15H,5H2,(H,14,17). The molecule has 0 aromatic carbocycles. The average Bonchev–Trinajstić information content (AvgIpc) is 2.78. The van der Waals surface area contributed by atoms with Crippen molar-refractivity contribution < 1.29 is 13.2 Å². The maximum atomic E-state index is 12.2. The van der Waals surface area contributed by atoms with Crippen LogP contribution in [0.15, 0.2) is 30.9 Å². The minimum absolute atomic E-state index is 0.451. The van der Waals surface area contributed by atoms with E-state index in [0.29, 0.717) is 12.2 Å². The largest absolute Gasteiger partial charge is 0.433 e. The zero-order valence-electron chi connectivity index (χ0n) is 8.62. The highest BCUT2D eigenvalue weighted by Gasteiger charge is 2.31. The molecular weight excluding hydrogens is 233 g/mol. The molecule has 0 bridgehead atoms. The lowest BCUT2D eigenvalue weighted by atomic mass is 10.3. The van der Waals surface area contributed by atoms with Gasteiger partial charge in [-0.3, -0.25) is 0 Å². The normalized spacial score (nSPS) is 11.5. The SMILES string of the molecule is FC(F)(F)c1ccc(NCc2cnc[nH]2)cn1. The summed E-state index contributed by atoms with van der Waals surface area (Å²) in [5.74, 6) is 0. The summed E-state index contributed by atoms with van der Waals surface area (Å²) in [5, 5.41) is 2.92. The highest BCUT2D eigenvalue weighted by molar-refractivity contribution is 5.41. The summed E-state index contributed by atoms with van der Waals surface area (Å²) in [6.07, 6.45) is -0.0897. The molecule has 17 heavy (non-hydrogen) atoms. The van der Waals surface area contributed by atoms with Gasteiger partial charge in [-0.2, -0.15) is 13.2 Å². The third-order valence-electron chi connectivity index (χ3n) is 2.09. The number of nitrogens with zero attached hydrogens (tertiary/aromatic N) is 2. The Balaban J connectivity index is 1.99. The lowest BCUT2D eigenvalue weighted by Gasteiger charge is -2.07. The molecule has 7 heteroatoms.